The third kappa shape index (κ3) is 2.66. The summed E-state index contributed by atoms with van der Waals surface area (Å²) >= 11 is 1.80. The lowest BCUT2D eigenvalue weighted by Gasteiger charge is -2.18. The van der Waals surface area contributed by atoms with Gasteiger partial charge in [-0.25, -0.2) is 0 Å². The predicted octanol–water partition coefficient (Wildman–Crippen LogP) is 3.29. The molecule has 0 saturated carbocycles. The van der Waals surface area contributed by atoms with Crippen LogP contribution in [0.1, 0.15) is 12.5 Å². The second-order valence-electron chi connectivity index (χ2n) is 4.29. The van der Waals surface area contributed by atoms with Crippen molar-refractivity contribution >= 4 is 21.4 Å². The fraction of sp³-hybridized carbons (Fsp3) is 0.357. The fourth-order valence-corrected chi connectivity index (χ4v) is 2.81. The molecule has 0 saturated heterocycles. The molecule has 0 aliphatic heterocycles. The molecule has 0 spiro atoms. The summed E-state index contributed by atoms with van der Waals surface area (Å²) in [7, 11) is 2.00. The van der Waals surface area contributed by atoms with Crippen LogP contribution in [0, 0.1) is 11.3 Å². The van der Waals surface area contributed by atoms with Gasteiger partial charge in [0, 0.05) is 11.2 Å². The molecule has 0 aliphatic rings. The Hall–Kier alpha value is -1.37. The Balaban J connectivity index is 2.07. The van der Waals surface area contributed by atoms with Gasteiger partial charge in [0.1, 0.15) is 0 Å². The van der Waals surface area contributed by atoms with Crippen molar-refractivity contribution in [3.8, 4) is 6.07 Å². The van der Waals surface area contributed by atoms with Gasteiger partial charge in [-0.2, -0.15) is 5.26 Å². The van der Waals surface area contributed by atoms with Gasteiger partial charge in [0.05, 0.1) is 12.1 Å². The van der Waals surface area contributed by atoms with Gasteiger partial charge < -0.3 is 0 Å². The van der Waals surface area contributed by atoms with Gasteiger partial charge in [-0.05, 0) is 42.8 Å². The van der Waals surface area contributed by atoms with Crippen LogP contribution in [-0.4, -0.2) is 24.5 Å². The zero-order valence-corrected chi connectivity index (χ0v) is 11.0. The first-order chi connectivity index (χ1) is 8.22. The molecule has 1 heterocycles. The molecule has 88 valence electrons. The highest BCUT2D eigenvalue weighted by Gasteiger charge is 2.09. The highest BCUT2D eigenvalue weighted by atomic mass is 32.1. The van der Waals surface area contributed by atoms with E-state index in [9.17, 15) is 0 Å². The summed E-state index contributed by atoms with van der Waals surface area (Å²) in [5, 5.41) is 12.4. The van der Waals surface area contributed by atoms with Crippen molar-refractivity contribution in [3.63, 3.8) is 0 Å². The Kier molecular flexibility index (Phi) is 3.78. The first-order valence-corrected chi connectivity index (χ1v) is 6.65. The van der Waals surface area contributed by atoms with Crippen LogP contribution in [0.5, 0.6) is 0 Å². The van der Waals surface area contributed by atoms with E-state index in [-0.39, 0.29) is 6.04 Å². The molecule has 0 bridgehead atoms. The Morgan fingerprint density at radius 3 is 2.94 bits per heavy atom. The van der Waals surface area contributed by atoms with Crippen molar-refractivity contribution in [3.05, 3.63) is 35.2 Å². The average Bonchev–Trinajstić information content (AvgIpc) is 2.78. The van der Waals surface area contributed by atoms with E-state index in [4.69, 9.17) is 5.26 Å². The van der Waals surface area contributed by atoms with Crippen LogP contribution in [0.25, 0.3) is 10.1 Å². The molecular weight excluding hydrogens is 228 g/mol. The first-order valence-electron chi connectivity index (χ1n) is 5.77. The summed E-state index contributed by atoms with van der Waals surface area (Å²) < 4.78 is 1.35. The molecule has 2 aromatic rings. The lowest BCUT2D eigenvalue weighted by Crippen LogP contribution is -2.29. The van der Waals surface area contributed by atoms with Crippen molar-refractivity contribution in [1.29, 1.82) is 5.26 Å². The topological polar surface area (TPSA) is 27.0 Å². The van der Waals surface area contributed by atoms with Crippen LogP contribution in [0.15, 0.2) is 29.6 Å². The summed E-state index contributed by atoms with van der Waals surface area (Å²) in [5.41, 5.74) is 1.39. The molecule has 0 amide bonds. The zero-order chi connectivity index (χ0) is 12.3. The minimum absolute atomic E-state index is 0.0140. The van der Waals surface area contributed by atoms with Crippen LogP contribution < -0.4 is 0 Å². The van der Waals surface area contributed by atoms with Gasteiger partial charge >= 0.3 is 0 Å². The van der Waals surface area contributed by atoms with E-state index >= 15 is 0 Å². The Bertz CT molecular complexity index is 538. The van der Waals surface area contributed by atoms with Gasteiger partial charge in [0.2, 0.25) is 0 Å². The highest BCUT2D eigenvalue weighted by molar-refractivity contribution is 7.17. The average molecular weight is 244 g/mol. The van der Waals surface area contributed by atoms with Crippen molar-refractivity contribution < 1.29 is 0 Å². The van der Waals surface area contributed by atoms with Crippen molar-refractivity contribution in [2.45, 2.75) is 19.4 Å². The van der Waals surface area contributed by atoms with E-state index in [1.165, 1.54) is 15.6 Å². The zero-order valence-electron chi connectivity index (χ0n) is 10.2. The van der Waals surface area contributed by atoms with E-state index in [1.807, 2.05) is 14.0 Å². The molecule has 0 aliphatic carbocycles. The lowest BCUT2D eigenvalue weighted by molar-refractivity contribution is 0.307. The molecule has 17 heavy (non-hydrogen) atoms. The van der Waals surface area contributed by atoms with Crippen molar-refractivity contribution in [1.82, 2.24) is 4.90 Å². The number of hydrogen-bond acceptors (Lipinski definition) is 3. The number of likely N-dealkylation sites (N-methyl/N-ethyl adjacent to an activating group) is 1. The number of thiophene rings is 1. The highest BCUT2D eigenvalue weighted by Crippen LogP contribution is 2.25. The molecule has 0 N–H and O–H groups in total. The lowest BCUT2D eigenvalue weighted by atomic mass is 10.1. The van der Waals surface area contributed by atoms with Crippen LogP contribution in [0.4, 0.5) is 0 Å². The molecule has 1 aromatic carbocycles. The predicted molar refractivity (Wildman–Crippen MR) is 73.2 cm³/mol. The number of rotatable bonds is 4. The monoisotopic (exact) mass is 244 g/mol. The maximum absolute atomic E-state index is 8.84. The molecule has 1 unspecified atom stereocenters. The molecular formula is C14H16N2S. The van der Waals surface area contributed by atoms with E-state index < -0.39 is 0 Å². The molecule has 0 fully saturated rings. The van der Waals surface area contributed by atoms with E-state index in [0.29, 0.717) is 0 Å². The Morgan fingerprint density at radius 2 is 2.18 bits per heavy atom. The van der Waals surface area contributed by atoms with Gasteiger partial charge in [-0.3, -0.25) is 4.90 Å². The summed E-state index contributed by atoms with van der Waals surface area (Å²) in [6.45, 7) is 2.86. The minimum Gasteiger partial charge on any atom is -0.291 e. The maximum Gasteiger partial charge on any atom is 0.0946 e. The van der Waals surface area contributed by atoms with E-state index in [1.54, 1.807) is 11.3 Å². The van der Waals surface area contributed by atoms with Gasteiger partial charge in [-0.1, -0.05) is 18.2 Å². The van der Waals surface area contributed by atoms with Crippen LogP contribution >= 0.6 is 11.3 Å². The minimum atomic E-state index is -0.0140. The van der Waals surface area contributed by atoms with E-state index in [2.05, 4.69) is 40.6 Å². The number of nitrogens with zero attached hydrogens (tertiary/aromatic N) is 2. The summed E-state index contributed by atoms with van der Waals surface area (Å²) in [4.78, 5) is 2.09. The molecule has 2 rings (SSSR count). The normalized spacial score (nSPS) is 12.8. The third-order valence-corrected chi connectivity index (χ3v) is 4.16. The number of fused-ring (bicyclic) bond motifs is 1. The molecule has 0 radical (unpaired) electrons. The SMILES string of the molecule is CC(C#N)N(C)CCc1csc2ccccc12. The van der Waals surface area contributed by atoms with Crippen molar-refractivity contribution in [2.75, 3.05) is 13.6 Å². The molecule has 1 aromatic heterocycles. The second kappa shape index (κ2) is 5.31. The molecule has 3 heteroatoms. The summed E-state index contributed by atoms with van der Waals surface area (Å²) in [6.07, 6.45) is 1.01. The van der Waals surface area contributed by atoms with Crippen LogP contribution in [0.3, 0.4) is 0 Å². The maximum atomic E-state index is 8.84. The van der Waals surface area contributed by atoms with Gasteiger partial charge in [0.15, 0.2) is 0 Å². The largest absolute Gasteiger partial charge is 0.291 e. The molecule has 1 atom stereocenters. The number of hydrogen-bond donors (Lipinski definition) is 0. The van der Waals surface area contributed by atoms with E-state index in [0.717, 1.165) is 13.0 Å². The van der Waals surface area contributed by atoms with Crippen molar-refractivity contribution in [2.24, 2.45) is 0 Å². The van der Waals surface area contributed by atoms with Gasteiger partial charge in [0.25, 0.3) is 0 Å². The number of benzene rings is 1. The summed E-state index contributed by atoms with van der Waals surface area (Å²) in [5.74, 6) is 0. The standard InChI is InChI=1S/C14H16N2S/c1-11(9-15)16(2)8-7-12-10-17-14-6-4-3-5-13(12)14/h3-6,10-11H,7-8H2,1-2H3. The Labute approximate surface area is 106 Å². The second-order valence-corrected chi connectivity index (χ2v) is 5.20. The van der Waals surface area contributed by atoms with Crippen LogP contribution in [-0.2, 0) is 6.42 Å². The number of nitriles is 1. The quantitative estimate of drug-likeness (QED) is 0.825. The van der Waals surface area contributed by atoms with Crippen LogP contribution in [0.2, 0.25) is 0 Å². The fourth-order valence-electron chi connectivity index (χ4n) is 1.82. The third-order valence-electron chi connectivity index (χ3n) is 3.14. The summed E-state index contributed by atoms with van der Waals surface area (Å²) in [6, 6.07) is 10.7. The smallest absolute Gasteiger partial charge is 0.0946 e. The van der Waals surface area contributed by atoms with Gasteiger partial charge in [-0.15, -0.1) is 11.3 Å². The molecule has 2 nitrogen and oxygen atoms in total. The first kappa shape index (κ1) is 12.1. The Morgan fingerprint density at radius 1 is 1.41 bits per heavy atom.